The number of nitrogens with one attached hydrogen (secondary N) is 1. The first-order valence-corrected chi connectivity index (χ1v) is 6.69. The summed E-state index contributed by atoms with van der Waals surface area (Å²) in [6.45, 7) is 4.85. The van der Waals surface area contributed by atoms with Gasteiger partial charge in [-0.15, -0.1) is 10.2 Å². The monoisotopic (exact) mass is 258 g/mol. The molecular formula is C13H18N6. The zero-order valence-corrected chi connectivity index (χ0v) is 11.2. The summed E-state index contributed by atoms with van der Waals surface area (Å²) in [5, 5.41) is 11.4. The van der Waals surface area contributed by atoms with Crippen LogP contribution in [0, 0.1) is 0 Å². The molecule has 1 aliphatic rings. The average molecular weight is 258 g/mol. The van der Waals surface area contributed by atoms with Gasteiger partial charge in [0.1, 0.15) is 18.0 Å². The lowest BCUT2D eigenvalue weighted by atomic mass is 10.3. The highest BCUT2D eigenvalue weighted by Crippen LogP contribution is 2.38. The molecular weight excluding hydrogens is 240 g/mol. The summed E-state index contributed by atoms with van der Waals surface area (Å²) >= 11 is 0. The van der Waals surface area contributed by atoms with Crippen LogP contribution >= 0.6 is 0 Å². The predicted molar refractivity (Wildman–Crippen MR) is 71.7 cm³/mol. The van der Waals surface area contributed by atoms with Gasteiger partial charge in [0.2, 0.25) is 0 Å². The van der Waals surface area contributed by atoms with Gasteiger partial charge in [-0.1, -0.05) is 0 Å². The predicted octanol–water partition coefficient (Wildman–Crippen LogP) is 2.14. The van der Waals surface area contributed by atoms with Gasteiger partial charge in [0.05, 0.1) is 6.54 Å². The first-order valence-electron chi connectivity index (χ1n) is 6.69. The van der Waals surface area contributed by atoms with Crippen LogP contribution in [0.3, 0.4) is 0 Å². The third-order valence-corrected chi connectivity index (χ3v) is 3.25. The van der Waals surface area contributed by atoms with Gasteiger partial charge < -0.3 is 9.88 Å². The SMILES string of the molecule is CC(C)n1cnnc1CNc1ccnc(C2CC2)n1. The lowest BCUT2D eigenvalue weighted by Gasteiger charge is -2.11. The minimum absolute atomic E-state index is 0.360. The molecule has 2 aromatic heterocycles. The van der Waals surface area contributed by atoms with Crippen LogP contribution in [0.1, 0.15) is 50.3 Å². The number of nitrogens with zero attached hydrogens (tertiary/aromatic N) is 5. The van der Waals surface area contributed by atoms with Crippen molar-refractivity contribution in [2.45, 2.75) is 45.2 Å². The molecule has 0 amide bonds. The molecule has 6 nitrogen and oxygen atoms in total. The average Bonchev–Trinajstić information content (AvgIpc) is 3.15. The van der Waals surface area contributed by atoms with Crippen molar-refractivity contribution < 1.29 is 0 Å². The second-order valence-corrected chi connectivity index (χ2v) is 5.18. The molecule has 6 heteroatoms. The molecule has 1 aliphatic carbocycles. The fraction of sp³-hybridized carbons (Fsp3) is 0.538. The summed E-state index contributed by atoms with van der Waals surface area (Å²) in [6, 6.07) is 2.25. The van der Waals surface area contributed by atoms with Gasteiger partial charge in [-0.2, -0.15) is 0 Å². The molecule has 0 unspecified atom stereocenters. The molecule has 19 heavy (non-hydrogen) atoms. The first-order chi connectivity index (χ1) is 9.24. The minimum atomic E-state index is 0.360. The van der Waals surface area contributed by atoms with E-state index in [1.165, 1.54) is 12.8 Å². The lowest BCUT2D eigenvalue weighted by molar-refractivity contribution is 0.572. The zero-order valence-electron chi connectivity index (χ0n) is 11.2. The molecule has 0 aromatic carbocycles. The molecule has 100 valence electrons. The highest BCUT2D eigenvalue weighted by Gasteiger charge is 2.26. The number of aromatic nitrogens is 5. The molecule has 3 rings (SSSR count). The van der Waals surface area contributed by atoms with Gasteiger partial charge in [0.25, 0.3) is 0 Å². The number of anilines is 1. The lowest BCUT2D eigenvalue weighted by Crippen LogP contribution is -2.11. The van der Waals surface area contributed by atoms with E-state index in [1.807, 2.05) is 12.3 Å². The van der Waals surface area contributed by atoms with E-state index in [9.17, 15) is 0 Å². The molecule has 0 spiro atoms. The van der Waals surface area contributed by atoms with Gasteiger partial charge in [0.15, 0.2) is 5.82 Å². The molecule has 2 heterocycles. The summed E-state index contributed by atoms with van der Waals surface area (Å²) < 4.78 is 2.05. The van der Waals surface area contributed by atoms with Crippen molar-refractivity contribution >= 4 is 5.82 Å². The Morgan fingerprint density at radius 1 is 1.42 bits per heavy atom. The maximum Gasteiger partial charge on any atom is 0.152 e. The van der Waals surface area contributed by atoms with Crippen molar-refractivity contribution in [1.29, 1.82) is 0 Å². The van der Waals surface area contributed by atoms with E-state index in [0.29, 0.717) is 18.5 Å². The van der Waals surface area contributed by atoms with Crippen LogP contribution in [-0.2, 0) is 6.54 Å². The highest BCUT2D eigenvalue weighted by atomic mass is 15.3. The van der Waals surface area contributed by atoms with Crippen molar-refractivity contribution in [2.24, 2.45) is 0 Å². The van der Waals surface area contributed by atoms with Crippen LogP contribution in [0.2, 0.25) is 0 Å². The molecule has 0 aliphatic heterocycles. The van der Waals surface area contributed by atoms with E-state index < -0.39 is 0 Å². The van der Waals surface area contributed by atoms with Crippen LogP contribution in [0.5, 0.6) is 0 Å². The topological polar surface area (TPSA) is 68.5 Å². The summed E-state index contributed by atoms with van der Waals surface area (Å²) in [5.74, 6) is 3.30. The summed E-state index contributed by atoms with van der Waals surface area (Å²) in [6.07, 6.45) is 6.00. The number of hydrogen-bond donors (Lipinski definition) is 1. The number of rotatable bonds is 5. The molecule has 1 fully saturated rings. The van der Waals surface area contributed by atoms with Crippen LogP contribution in [-0.4, -0.2) is 24.7 Å². The Bertz CT molecular complexity index is 558. The van der Waals surface area contributed by atoms with E-state index in [1.54, 1.807) is 6.33 Å². The fourth-order valence-electron chi connectivity index (χ4n) is 2.00. The van der Waals surface area contributed by atoms with Crippen molar-refractivity contribution in [3.63, 3.8) is 0 Å². The first kappa shape index (κ1) is 12.1. The second-order valence-electron chi connectivity index (χ2n) is 5.18. The fourth-order valence-corrected chi connectivity index (χ4v) is 2.00. The van der Waals surface area contributed by atoms with Gasteiger partial charge in [-0.25, -0.2) is 9.97 Å². The zero-order chi connectivity index (χ0) is 13.2. The molecule has 2 aromatic rings. The highest BCUT2D eigenvalue weighted by molar-refractivity contribution is 5.34. The maximum atomic E-state index is 4.53. The standard InChI is InChI=1S/C13H18N6/c1-9(2)19-8-16-18-12(19)7-15-11-5-6-14-13(17-11)10-3-4-10/h5-6,8-10H,3-4,7H2,1-2H3,(H,14,15,17). The van der Waals surface area contributed by atoms with Gasteiger partial charge in [-0.05, 0) is 32.8 Å². The van der Waals surface area contributed by atoms with E-state index in [-0.39, 0.29) is 0 Å². The van der Waals surface area contributed by atoms with E-state index in [4.69, 9.17) is 0 Å². The summed E-state index contributed by atoms with van der Waals surface area (Å²) in [5.41, 5.74) is 0. The van der Waals surface area contributed by atoms with E-state index in [2.05, 4.69) is 43.9 Å². The smallest absolute Gasteiger partial charge is 0.152 e. The molecule has 1 N–H and O–H groups in total. The Morgan fingerprint density at radius 2 is 2.26 bits per heavy atom. The number of hydrogen-bond acceptors (Lipinski definition) is 5. The maximum absolute atomic E-state index is 4.53. The molecule has 1 saturated carbocycles. The van der Waals surface area contributed by atoms with Crippen molar-refractivity contribution in [1.82, 2.24) is 24.7 Å². The van der Waals surface area contributed by atoms with Crippen LogP contribution in [0.4, 0.5) is 5.82 Å². The quantitative estimate of drug-likeness (QED) is 0.889. The van der Waals surface area contributed by atoms with Gasteiger partial charge in [-0.3, -0.25) is 0 Å². The summed E-state index contributed by atoms with van der Waals surface area (Å²) in [4.78, 5) is 8.84. The third kappa shape index (κ3) is 2.72. The van der Waals surface area contributed by atoms with E-state index >= 15 is 0 Å². The van der Waals surface area contributed by atoms with Crippen molar-refractivity contribution in [3.8, 4) is 0 Å². The normalized spacial score (nSPS) is 14.9. The minimum Gasteiger partial charge on any atom is -0.363 e. The van der Waals surface area contributed by atoms with Gasteiger partial charge in [0, 0.05) is 18.2 Å². The van der Waals surface area contributed by atoms with Crippen LogP contribution in [0.25, 0.3) is 0 Å². The molecule has 0 atom stereocenters. The Labute approximate surface area is 112 Å². The van der Waals surface area contributed by atoms with Crippen molar-refractivity contribution in [2.75, 3.05) is 5.32 Å². The van der Waals surface area contributed by atoms with Crippen LogP contribution < -0.4 is 5.32 Å². The second kappa shape index (κ2) is 4.95. The largest absolute Gasteiger partial charge is 0.363 e. The van der Waals surface area contributed by atoms with E-state index in [0.717, 1.165) is 17.5 Å². The molecule has 0 bridgehead atoms. The Balaban J connectivity index is 1.68. The Morgan fingerprint density at radius 3 is 3.00 bits per heavy atom. The third-order valence-electron chi connectivity index (χ3n) is 3.25. The van der Waals surface area contributed by atoms with Gasteiger partial charge >= 0.3 is 0 Å². The molecule has 0 radical (unpaired) electrons. The van der Waals surface area contributed by atoms with Crippen molar-refractivity contribution in [3.05, 3.63) is 30.2 Å². The Hall–Kier alpha value is -1.98. The molecule has 0 saturated heterocycles. The Kier molecular flexibility index (Phi) is 3.15. The van der Waals surface area contributed by atoms with Crippen LogP contribution in [0.15, 0.2) is 18.6 Å². The summed E-state index contributed by atoms with van der Waals surface area (Å²) in [7, 11) is 0.